The maximum Gasteiger partial charge on any atom is 0.335 e. The van der Waals surface area contributed by atoms with Gasteiger partial charge in [-0.25, -0.2) is 28.8 Å². The van der Waals surface area contributed by atoms with Crippen molar-refractivity contribution in [2.24, 2.45) is 0 Å². The summed E-state index contributed by atoms with van der Waals surface area (Å²) in [7, 11) is -4.64. The molecule has 22 heteroatoms. The Hall–Kier alpha value is -5.33. The summed E-state index contributed by atoms with van der Waals surface area (Å²) in [6, 6.07) is 16.3. The molecule has 56 heavy (non-hydrogen) atoms. The van der Waals surface area contributed by atoms with E-state index in [0.717, 1.165) is 6.07 Å². The first-order valence-electron chi connectivity index (χ1n) is 14.9. The van der Waals surface area contributed by atoms with Crippen molar-refractivity contribution in [1.29, 1.82) is 0 Å². The van der Waals surface area contributed by atoms with Gasteiger partial charge in [0.1, 0.15) is 0 Å². The Balaban J connectivity index is 0. The van der Waals surface area contributed by atoms with Crippen LogP contribution in [0.2, 0.25) is 0 Å². The third kappa shape index (κ3) is 20.4. The van der Waals surface area contributed by atoms with Crippen molar-refractivity contribution in [3.05, 3.63) is 112 Å². The van der Waals surface area contributed by atoms with E-state index in [4.69, 9.17) is 55.6 Å². The Morgan fingerprint density at radius 3 is 0.946 bits per heavy atom. The Labute approximate surface area is 339 Å². The summed E-state index contributed by atoms with van der Waals surface area (Å²) in [4.78, 5) is 62.5. The van der Waals surface area contributed by atoms with E-state index in [1.165, 1.54) is 48.5 Å². The van der Waals surface area contributed by atoms with E-state index in [-0.39, 0.29) is 78.2 Å². The number of carboxylic acids is 6. The molecule has 0 unspecified atom stereocenters. The predicted molar refractivity (Wildman–Crippen MR) is 193 cm³/mol. The number of hydrogen-bond donors (Lipinski definition) is 11. The van der Waals surface area contributed by atoms with E-state index in [0.29, 0.717) is 36.1 Å². The first-order chi connectivity index (χ1) is 25.7. The minimum Gasteiger partial charge on any atom is -0.478 e. The fourth-order valence-corrected chi connectivity index (χ4v) is 4.05. The monoisotopic (exact) mass is 819 g/mol. The van der Waals surface area contributed by atoms with Gasteiger partial charge in [-0.3, -0.25) is 4.55 Å². The van der Waals surface area contributed by atoms with Gasteiger partial charge in [-0.1, -0.05) is 12.1 Å². The molecule has 20 nitrogen and oxygen atoms in total. The second-order valence-electron chi connectivity index (χ2n) is 9.91. The average Bonchev–Trinajstić information content (AvgIpc) is 3.14. The van der Waals surface area contributed by atoms with Crippen molar-refractivity contribution in [3.8, 4) is 0 Å². The summed E-state index contributed by atoms with van der Waals surface area (Å²) < 4.78 is 34.8. The van der Waals surface area contributed by atoms with E-state index >= 15 is 0 Å². The molecule has 4 aromatic rings. The van der Waals surface area contributed by atoms with Crippen LogP contribution in [0.5, 0.6) is 0 Å². The van der Waals surface area contributed by atoms with E-state index in [9.17, 15) is 37.2 Å². The quantitative estimate of drug-likeness (QED) is 0.0544. The van der Waals surface area contributed by atoms with Crippen LogP contribution in [0, 0.1) is 0 Å². The van der Waals surface area contributed by atoms with Crippen LogP contribution in [0.25, 0.3) is 10.8 Å². The molecular formula is C34H36NaO20S. The van der Waals surface area contributed by atoms with Gasteiger partial charge in [0.15, 0.2) is 0 Å². The first-order valence-corrected chi connectivity index (χ1v) is 16.3. The van der Waals surface area contributed by atoms with Crippen LogP contribution in [0.3, 0.4) is 0 Å². The van der Waals surface area contributed by atoms with Crippen molar-refractivity contribution in [2.75, 3.05) is 39.6 Å². The third-order valence-electron chi connectivity index (χ3n) is 5.98. The molecule has 0 aliphatic rings. The SMILES string of the molecule is O=C(O)c1cc(C(=O)O)cc(S(=O)(=O)O)c1.O=C(O)c1ccc(C(=O)O)cc1.O=C(O)c1ccc2cc(C(=O)O)ccc2c1.OCCO.OCCOCCO.[Na]. The number of carboxylic acid groups (broad SMARTS) is 6. The number of aliphatic hydroxyl groups is 4. The minimum absolute atomic E-state index is 0. The maximum atomic E-state index is 10.8. The number of aromatic carboxylic acids is 6. The zero-order chi connectivity index (χ0) is 42.3. The molecule has 11 N–H and O–H groups in total. The van der Waals surface area contributed by atoms with Crippen LogP contribution in [0.1, 0.15) is 62.1 Å². The first kappa shape index (κ1) is 52.8. The molecule has 0 spiro atoms. The summed E-state index contributed by atoms with van der Waals surface area (Å²) in [5.74, 6) is -7.10. The molecule has 0 atom stereocenters. The van der Waals surface area contributed by atoms with Gasteiger partial charge < -0.3 is 55.8 Å². The summed E-state index contributed by atoms with van der Waals surface area (Å²) in [5, 5.41) is 84.6. The molecule has 0 amide bonds. The van der Waals surface area contributed by atoms with Gasteiger partial charge in [-0.05, 0) is 77.5 Å². The van der Waals surface area contributed by atoms with E-state index in [1.54, 1.807) is 12.1 Å². The molecule has 0 aliphatic heterocycles. The smallest absolute Gasteiger partial charge is 0.335 e. The minimum atomic E-state index is -4.64. The van der Waals surface area contributed by atoms with E-state index < -0.39 is 62.0 Å². The number of rotatable bonds is 12. The molecule has 0 saturated heterocycles. The molecular weight excluding hydrogens is 783 g/mol. The summed E-state index contributed by atoms with van der Waals surface area (Å²) in [5.41, 5.74) is -0.522. The standard InChI is InChI=1S/C12H8O4.C8H6O7S.C8H6O4.C4H10O3.C2H6O2.Na/c13-11(14)9-3-1-7-5-10(12(15)16)4-2-8(7)6-9;9-7(10)4-1-5(8(11)12)3-6(2-4)16(13,14)15;9-7(10)5-1-2-6(4-3-5)8(11)12;5-1-3-7-4-2-6;3-1-2-4;/h1-6H,(H,13,14)(H,15,16);1-3H,(H,9,10)(H,11,12)(H,13,14,15);1-4H,(H,9,10)(H,11,12);5-6H,1-4H2;3-4H,1-2H2;. The topological polar surface area (TPSA) is 368 Å². The van der Waals surface area contributed by atoms with Gasteiger partial charge in [0.25, 0.3) is 10.1 Å². The van der Waals surface area contributed by atoms with Gasteiger partial charge in [0, 0.05) is 29.6 Å². The predicted octanol–water partition coefficient (Wildman–Crippen LogP) is 1.23. The summed E-state index contributed by atoms with van der Waals surface area (Å²) in [6.45, 7) is 0.446. The molecule has 4 aromatic carbocycles. The van der Waals surface area contributed by atoms with Gasteiger partial charge >= 0.3 is 35.8 Å². The molecule has 0 bridgehead atoms. The molecule has 0 fully saturated rings. The van der Waals surface area contributed by atoms with Crippen molar-refractivity contribution in [2.45, 2.75) is 4.90 Å². The normalized spacial score (nSPS) is 9.80. The number of ether oxygens (including phenoxy) is 1. The third-order valence-corrected chi connectivity index (χ3v) is 6.81. The Morgan fingerprint density at radius 2 is 0.714 bits per heavy atom. The maximum absolute atomic E-state index is 10.8. The van der Waals surface area contributed by atoms with Crippen molar-refractivity contribution >= 4 is 86.3 Å². The van der Waals surface area contributed by atoms with Gasteiger partial charge in [0.2, 0.25) is 0 Å². The van der Waals surface area contributed by atoms with Crippen LogP contribution in [-0.4, -0.2) is 169 Å². The molecule has 0 saturated carbocycles. The van der Waals surface area contributed by atoms with Crippen LogP contribution < -0.4 is 0 Å². The second kappa shape index (κ2) is 27.3. The zero-order valence-electron chi connectivity index (χ0n) is 29.3. The van der Waals surface area contributed by atoms with Crippen molar-refractivity contribution in [3.63, 3.8) is 0 Å². The summed E-state index contributed by atoms with van der Waals surface area (Å²) >= 11 is 0. The van der Waals surface area contributed by atoms with Crippen LogP contribution >= 0.6 is 0 Å². The molecule has 0 heterocycles. The molecule has 0 aliphatic carbocycles. The van der Waals surface area contributed by atoms with Crippen LogP contribution in [0.15, 0.2) is 83.8 Å². The van der Waals surface area contributed by atoms with Crippen molar-refractivity contribution in [1.82, 2.24) is 0 Å². The van der Waals surface area contributed by atoms with Gasteiger partial charge in [-0.15, -0.1) is 0 Å². The van der Waals surface area contributed by atoms with Crippen LogP contribution in [0.4, 0.5) is 0 Å². The largest absolute Gasteiger partial charge is 0.478 e. The zero-order valence-corrected chi connectivity index (χ0v) is 32.1. The molecule has 4 rings (SSSR count). The van der Waals surface area contributed by atoms with Crippen LogP contribution in [-0.2, 0) is 14.9 Å². The molecule has 0 aromatic heterocycles. The van der Waals surface area contributed by atoms with Gasteiger partial charge in [-0.2, -0.15) is 8.42 Å². The Kier molecular flexibility index (Phi) is 25.7. The van der Waals surface area contributed by atoms with Crippen molar-refractivity contribution < 1.29 is 97.5 Å². The second-order valence-corrected chi connectivity index (χ2v) is 11.3. The fourth-order valence-electron chi connectivity index (χ4n) is 3.49. The average molecular weight is 820 g/mol. The molecule has 1 radical (unpaired) electrons. The molecule has 299 valence electrons. The fraction of sp³-hybridized carbons (Fsp3) is 0.176. The number of hydrogen-bond acceptors (Lipinski definition) is 13. The number of aliphatic hydroxyl groups excluding tert-OH is 4. The van der Waals surface area contributed by atoms with E-state index in [1.807, 2.05) is 0 Å². The Bertz CT molecular complexity index is 1910. The van der Waals surface area contributed by atoms with E-state index in [2.05, 4.69) is 4.74 Å². The Morgan fingerprint density at radius 1 is 0.429 bits per heavy atom. The number of fused-ring (bicyclic) bond motifs is 1. The van der Waals surface area contributed by atoms with Gasteiger partial charge in [0.05, 0.1) is 77.9 Å². The summed E-state index contributed by atoms with van der Waals surface area (Å²) in [6.07, 6.45) is 0. The number of carbonyl (C=O) groups is 6. The number of benzene rings is 4.